The molecule has 1 aliphatic rings. The predicted molar refractivity (Wildman–Crippen MR) is 86.7 cm³/mol. The number of aromatic nitrogens is 2. The number of hydrogen-bond donors (Lipinski definition) is 0. The van der Waals surface area contributed by atoms with Crippen molar-refractivity contribution in [2.75, 3.05) is 26.2 Å². The summed E-state index contributed by atoms with van der Waals surface area (Å²) in [6.07, 6.45) is 0. The molecule has 122 valence electrons. The fourth-order valence-electron chi connectivity index (χ4n) is 2.80. The zero-order valence-corrected chi connectivity index (χ0v) is 13.8. The van der Waals surface area contributed by atoms with Gasteiger partial charge in [0.25, 0.3) is 0 Å². The molecule has 1 aromatic carbocycles. The molecule has 3 rings (SSSR count). The lowest BCUT2D eigenvalue weighted by atomic mass is 10.1. The molecule has 0 aliphatic carbocycles. The van der Waals surface area contributed by atoms with Gasteiger partial charge in [-0.05, 0) is 26.0 Å². The van der Waals surface area contributed by atoms with Gasteiger partial charge in [-0.15, -0.1) is 10.2 Å². The monoisotopic (exact) mass is 314 g/mol. The Labute approximate surface area is 136 Å². The van der Waals surface area contributed by atoms with Crippen LogP contribution in [-0.2, 0) is 4.79 Å². The first kappa shape index (κ1) is 15.7. The van der Waals surface area contributed by atoms with Crippen LogP contribution in [0.3, 0.4) is 0 Å². The number of carbonyl (C=O) groups is 1. The highest BCUT2D eigenvalue weighted by atomic mass is 16.4. The topological polar surface area (TPSA) is 62.5 Å². The van der Waals surface area contributed by atoms with E-state index in [1.54, 1.807) is 6.92 Å². The molecule has 2 heterocycles. The first-order valence-corrected chi connectivity index (χ1v) is 7.94. The summed E-state index contributed by atoms with van der Waals surface area (Å²) < 4.78 is 5.85. The van der Waals surface area contributed by atoms with Gasteiger partial charge in [-0.1, -0.05) is 17.7 Å². The van der Waals surface area contributed by atoms with E-state index in [1.165, 1.54) is 5.56 Å². The smallest absolute Gasteiger partial charge is 0.247 e. The number of rotatable bonds is 3. The van der Waals surface area contributed by atoms with Gasteiger partial charge in [0.05, 0.1) is 6.04 Å². The molecular weight excluding hydrogens is 292 g/mol. The van der Waals surface area contributed by atoms with Crippen LogP contribution in [0.5, 0.6) is 0 Å². The van der Waals surface area contributed by atoms with Crippen molar-refractivity contribution in [3.63, 3.8) is 0 Å². The maximum atomic E-state index is 11.4. The fourth-order valence-corrected chi connectivity index (χ4v) is 2.80. The Bertz CT molecular complexity index is 672. The van der Waals surface area contributed by atoms with Crippen LogP contribution in [0, 0.1) is 6.92 Å². The minimum absolute atomic E-state index is 0.0517. The summed E-state index contributed by atoms with van der Waals surface area (Å²) in [6, 6.07) is 8.09. The third-order valence-electron chi connectivity index (χ3n) is 4.40. The minimum Gasteiger partial charge on any atom is -0.419 e. The van der Waals surface area contributed by atoms with E-state index in [1.807, 2.05) is 36.1 Å². The minimum atomic E-state index is 0.0517. The van der Waals surface area contributed by atoms with Crippen molar-refractivity contribution in [3.8, 4) is 11.5 Å². The molecule has 2 aromatic rings. The molecule has 1 unspecified atom stereocenters. The van der Waals surface area contributed by atoms with Crippen LogP contribution in [0.4, 0.5) is 0 Å². The van der Waals surface area contributed by atoms with Crippen LogP contribution < -0.4 is 0 Å². The number of benzene rings is 1. The number of hydrogen-bond acceptors (Lipinski definition) is 5. The van der Waals surface area contributed by atoms with Gasteiger partial charge in [0.2, 0.25) is 17.7 Å². The number of aryl methyl sites for hydroxylation is 1. The van der Waals surface area contributed by atoms with Crippen molar-refractivity contribution in [1.82, 2.24) is 20.0 Å². The average molecular weight is 314 g/mol. The van der Waals surface area contributed by atoms with Crippen LogP contribution in [0.15, 0.2) is 28.7 Å². The second-order valence-corrected chi connectivity index (χ2v) is 6.03. The third kappa shape index (κ3) is 3.42. The Morgan fingerprint density at radius 2 is 1.78 bits per heavy atom. The van der Waals surface area contributed by atoms with Crippen LogP contribution in [0.25, 0.3) is 11.5 Å². The SMILES string of the molecule is CC(=O)N1CCN(C(C)c2nnc(-c3ccc(C)cc3)o2)CC1. The van der Waals surface area contributed by atoms with Crippen LogP contribution in [-0.4, -0.2) is 52.1 Å². The number of piperazine rings is 1. The molecule has 0 saturated carbocycles. The molecule has 0 N–H and O–H groups in total. The summed E-state index contributed by atoms with van der Waals surface area (Å²) in [5.41, 5.74) is 2.13. The Balaban J connectivity index is 1.68. The summed E-state index contributed by atoms with van der Waals surface area (Å²) in [7, 11) is 0. The van der Waals surface area contributed by atoms with Crippen LogP contribution in [0.1, 0.15) is 31.3 Å². The Morgan fingerprint density at radius 3 is 2.39 bits per heavy atom. The molecule has 1 saturated heterocycles. The maximum Gasteiger partial charge on any atom is 0.247 e. The number of carbonyl (C=O) groups excluding carboxylic acids is 1. The maximum absolute atomic E-state index is 11.4. The van der Waals surface area contributed by atoms with Crippen molar-refractivity contribution in [3.05, 3.63) is 35.7 Å². The first-order chi connectivity index (χ1) is 11.0. The third-order valence-corrected chi connectivity index (χ3v) is 4.40. The Hall–Kier alpha value is -2.21. The van der Waals surface area contributed by atoms with E-state index < -0.39 is 0 Å². The van der Waals surface area contributed by atoms with E-state index in [4.69, 9.17) is 4.42 Å². The molecule has 1 aromatic heterocycles. The fraction of sp³-hybridized carbons (Fsp3) is 0.471. The molecule has 0 spiro atoms. The lowest BCUT2D eigenvalue weighted by molar-refractivity contribution is -0.130. The molecule has 23 heavy (non-hydrogen) atoms. The van der Waals surface area contributed by atoms with Gasteiger partial charge < -0.3 is 9.32 Å². The number of amides is 1. The van der Waals surface area contributed by atoms with Crippen molar-refractivity contribution in [2.45, 2.75) is 26.8 Å². The summed E-state index contributed by atoms with van der Waals surface area (Å²) in [4.78, 5) is 15.5. The second kappa shape index (κ2) is 6.50. The average Bonchev–Trinajstić information content (AvgIpc) is 3.05. The first-order valence-electron chi connectivity index (χ1n) is 7.94. The van der Waals surface area contributed by atoms with Gasteiger partial charge in [-0.2, -0.15) is 0 Å². The van der Waals surface area contributed by atoms with Gasteiger partial charge >= 0.3 is 0 Å². The van der Waals surface area contributed by atoms with Gasteiger partial charge in [0.15, 0.2) is 0 Å². The summed E-state index contributed by atoms with van der Waals surface area (Å²) in [6.45, 7) is 8.87. The Kier molecular flexibility index (Phi) is 4.43. The molecule has 6 heteroatoms. The molecule has 1 amide bonds. The van der Waals surface area contributed by atoms with Gasteiger partial charge in [0, 0.05) is 38.7 Å². The highest BCUT2D eigenvalue weighted by Gasteiger charge is 2.26. The van der Waals surface area contributed by atoms with E-state index in [9.17, 15) is 4.79 Å². The van der Waals surface area contributed by atoms with E-state index in [0.29, 0.717) is 11.8 Å². The highest BCUT2D eigenvalue weighted by molar-refractivity contribution is 5.73. The van der Waals surface area contributed by atoms with Gasteiger partial charge in [-0.3, -0.25) is 9.69 Å². The summed E-state index contributed by atoms with van der Waals surface area (Å²) in [5.74, 6) is 1.31. The zero-order chi connectivity index (χ0) is 16.4. The van der Waals surface area contributed by atoms with Crippen molar-refractivity contribution >= 4 is 5.91 Å². The molecule has 0 radical (unpaired) electrons. The highest BCUT2D eigenvalue weighted by Crippen LogP contribution is 2.24. The van der Waals surface area contributed by atoms with E-state index in [-0.39, 0.29) is 11.9 Å². The van der Waals surface area contributed by atoms with Crippen LogP contribution >= 0.6 is 0 Å². The summed E-state index contributed by atoms with van der Waals surface area (Å²) >= 11 is 0. The quantitative estimate of drug-likeness (QED) is 0.869. The van der Waals surface area contributed by atoms with Crippen molar-refractivity contribution in [1.29, 1.82) is 0 Å². The van der Waals surface area contributed by atoms with E-state index >= 15 is 0 Å². The van der Waals surface area contributed by atoms with Crippen LogP contribution in [0.2, 0.25) is 0 Å². The largest absolute Gasteiger partial charge is 0.419 e. The molecule has 1 aliphatic heterocycles. The molecular formula is C17H22N4O2. The second-order valence-electron chi connectivity index (χ2n) is 6.03. The van der Waals surface area contributed by atoms with Crippen molar-refractivity contribution in [2.24, 2.45) is 0 Å². The Morgan fingerprint density at radius 1 is 1.13 bits per heavy atom. The van der Waals surface area contributed by atoms with Gasteiger partial charge in [0.1, 0.15) is 0 Å². The molecule has 1 atom stereocenters. The van der Waals surface area contributed by atoms with Gasteiger partial charge in [-0.25, -0.2) is 0 Å². The summed E-state index contributed by atoms with van der Waals surface area (Å²) in [5, 5.41) is 8.37. The van der Waals surface area contributed by atoms with Crippen molar-refractivity contribution < 1.29 is 9.21 Å². The van der Waals surface area contributed by atoms with E-state index in [0.717, 1.165) is 31.7 Å². The molecule has 6 nitrogen and oxygen atoms in total. The molecule has 1 fully saturated rings. The zero-order valence-electron chi connectivity index (χ0n) is 13.8. The van der Waals surface area contributed by atoms with E-state index in [2.05, 4.69) is 22.0 Å². The lowest BCUT2D eigenvalue weighted by Crippen LogP contribution is -2.48. The molecule has 0 bridgehead atoms. The number of nitrogens with zero attached hydrogens (tertiary/aromatic N) is 4. The normalized spacial score (nSPS) is 17.3. The standard InChI is InChI=1S/C17H22N4O2/c1-12-4-6-15(7-5-12)17-19-18-16(23-17)13(2)20-8-10-21(11-9-20)14(3)22/h4-7,13H,8-11H2,1-3H3. The lowest BCUT2D eigenvalue weighted by Gasteiger charge is -2.36. The predicted octanol–water partition coefficient (Wildman–Crippen LogP) is 2.27.